The SMILES string of the molecule is C[C@H](Nc1ccc(F)c(C(F)(F)F)c1)C(=O)N1CCCC1C(N)=O. The number of carbonyl (C=O) groups is 2. The number of hydrogen-bond donors (Lipinski definition) is 2. The maximum Gasteiger partial charge on any atom is 0.419 e. The molecule has 2 rings (SSSR count). The van der Waals surface area contributed by atoms with Gasteiger partial charge in [-0.3, -0.25) is 9.59 Å². The smallest absolute Gasteiger partial charge is 0.374 e. The summed E-state index contributed by atoms with van der Waals surface area (Å²) in [5, 5.41) is 2.61. The largest absolute Gasteiger partial charge is 0.419 e. The van der Waals surface area contributed by atoms with Gasteiger partial charge in [-0.05, 0) is 38.0 Å². The van der Waals surface area contributed by atoms with Crippen molar-refractivity contribution in [1.29, 1.82) is 0 Å². The number of nitrogens with zero attached hydrogens (tertiary/aromatic N) is 1. The maximum atomic E-state index is 13.3. The van der Waals surface area contributed by atoms with Crippen LogP contribution in [-0.4, -0.2) is 35.3 Å². The third kappa shape index (κ3) is 3.77. The summed E-state index contributed by atoms with van der Waals surface area (Å²) in [6.45, 7) is 1.81. The first kappa shape index (κ1) is 18.0. The molecule has 1 aliphatic rings. The minimum atomic E-state index is -4.83. The van der Waals surface area contributed by atoms with E-state index in [0.717, 1.165) is 6.07 Å². The van der Waals surface area contributed by atoms with Crippen LogP contribution in [0.5, 0.6) is 0 Å². The van der Waals surface area contributed by atoms with E-state index in [-0.39, 0.29) is 5.69 Å². The van der Waals surface area contributed by atoms with Gasteiger partial charge in [0.25, 0.3) is 0 Å². The molecule has 0 spiro atoms. The van der Waals surface area contributed by atoms with Gasteiger partial charge in [0.2, 0.25) is 11.8 Å². The van der Waals surface area contributed by atoms with Gasteiger partial charge < -0.3 is 16.0 Å². The third-order valence-electron chi connectivity index (χ3n) is 3.89. The summed E-state index contributed by atoms with van der Waals surface area (Å²) in [7, 11) is 0. The van der Waals surface area contributed by atoms with Gasteiger partial charge in [-0.2, -0.15) is 13.2 Å². The average Bonchev–Trinajstić information content (AvgIpc) is 2.96. The van der Waals surface area contributed by atoms with E-state index < -0.39 is 41.5 Å². The van der Waals surface area contributed by atoms with Crippen LogP contribution in [0.4, 0.5) is 23.2 Å². The Morgan fingerprint density at radius 3 is 2.62 bits per heavy atom. The second kappa shape index (κ2) is 6.66. The van der Waals surface area contributed by atoms with E-state index in [2.05, 4.69) is 5.32 Å². The van der Waals surface area contributed by atoms with Crippen molar-refractivity contribution in [3.8, 4) is 0 Å². The fourth-order valence-electron chi connectivity index (χ4n) is 2.72. The van der Waals surface area contributed by atoms with Gasteiger partial charge in [-0.1, -0.05) is 0 Å². The number of nitrogens with two attached hydrogens (primary N) is 1. The van der Waals surface area contributed by atoms with Crippen molar-refractivity contribution in [1.82, 2.24) is 4.90 Å². The molecule has 3 N–H and O–H groups in total. The molecule has 1 aromatic rings. The molecule has 24 heavy (non-hydrogen) atoms. The summed E-state index contributed by atoms with van der Waals surface area (Å²) in [5.74, 6) is -2.45. The van der Waals surface area contributed by atoms with Gasteiger partial charge in [0.05, 0.1) is 5.56 Å². The molecule has 5 nitrogen and oxygen atoms in total. The number of primary amides is 1. The Balaban J connectivity index is 2.13. The fraction of sp³-hybridized carbons (Fsp3) is 0.467. The van der Waals surface area contributed by atoms with Gasteiger partial charge in [-0.25, -0.2) is 4.39 Å². The lowest BCUT2D eigenvalue weighted by molar-refractivity contribution is -0.140. The van der Waals surface area contributed by atoms with E-state index in [1.54, 1.807) is 0 Å². The molecule has 1 saturated heterocycles. The molecule has 1 unspecified atom stereocenters. The fourth-order valence-corrected chi connectivity index (χ4v) is 2.72. The second-order valence-electron chi connectivity index (χ2n) is 5.65. The second-order valence-corrected chi connectivity index (χ2v) is 5.65. The minimum absolute atomic E-state index is 0.0422. The highest BCUT2D eigenvalue weighted by molar-refractivity contribution is 5.90. The van der Waals surface area contributed by atoms with E-state index in [9.17, 15) is 27.2 Å². The monoisotopic (exact) mass is 347 g/mol. The number of carbonyl (C=O) groups excluding carboxylic acids is 2. The number of benzene rings is 1. The first-order valence-corrected chi connectivity index (χ1v) is 7.34. The Morgan fingerprint density at radius 1 is 1.38 bits per heavy atom. The van der Waals surface area contributed by atoms with Crippen LogP contribution in [-0.2, 0) is 15.8 Å². The lowest BCUT2D eigenvalue weighted by Crippen LogP contribution is -2.48. The molecule has 0 bridgehead atoms. The number of anilines is 1. The molecule has 132 valence electrons. The van der Waals surface area contributed by atoms with Crippen LogP contribution < -0.4 is 11.1 Å². The zero-order valence-corrected chi connectivity index (χ0v) is 12.9. The van der Waals surface area contributed by atoms with Crippen LogP contribution in [0.1, 0.15) is 25.3 Å². The molecule has 1 aliphatic heterocycles. The van der Waals surface area contributed by atoms with E-state index in [1.807, 2.05) is 0 Å². The summed E-state index contributed by atoms with van der Waals surface area (Å²) in [6, 6.07) is 0.806. The van der Waals surface area contributed by atoms with Crippen LogP contribution in [0.2, 0.25) is 0 Å². The van der Waals surface area contributed by atoms with Gasteiger partial charge in [0.15, 0.2) is 0 Å². The van der Waals surface area contributed by atoms with Crippen molar-refractivity contribution in [3.05, 3.63) is 29.6 Å². The predicted molar refractivity (Wildman–Crippen MR) is 78.4 cm³/mol. The number of nitrogens with one attached hydrogen (secondary N) is 1. The van der Waals surface area contributed by atoms with E-state index in [4.69, 9.17) is 5.73 Å². The number of likely N-dealkylation sites (tertiary alicyclic amines) is 1. The molecule has 9 heteroatoms. The maximum absolute atomic E-state index is 13.3. The van der Waals surface area contributed by atoms with Crippen molar-refractivity contribution >= 4 is 17.5 Å². The first-order valence-electron chi connectivity index (χ1n) is 7.34. The lowest BCUT2D eigenvalue weighted by atomic mass is 10.1. The summed E-state index contributed by atoms with van der Waals surface area (Å²) in [6.07, 6.45) is -3.75. The van der Waals surface area contributed by atoms with Gasteiger partial charge in [0, 0.05) is 12.2 Å². The molecule has 0 radical (unpaired) electrons. The summed E-state index contributed by atoms with van der Waals surface area (Å²) in [5.41, 5.74) is 3.79. The van der Waals surface area contributed by atoms with Crippen molar-refractivity contribution in [3.63, 3.8) is 0 Å². The summed E-state index contributed by atoms with van der Waals surface area (Å²) in [4.78, 5) is 25.0. The highest BCUT2D eigenvalue weighted by Crippen LogP contribution is 2.33. The molecule has 1 fully saturated rings. The van der Waals surface area contributed by atoms with Crippen LogP contribution in [0, 0.1) is 5.82 Å². The number of halogens is 4. The molecule has 0 saturated carbocycles. The van der Waals surface area contributed by atoms with Crippen LogP contribution in [0.25, 0.3) is 0 Å². The van der Waals surface area contributed by atoms with Crippen LogP contribution in [0.15, 0.2) is 18.2 Å². The lowest BCUT2D eigenvalue weighted by Gasteiger charge is -2.26. The molecule has 0 aliphatic carbocycles. The molecular formula is C15H17F4N3O2. The quantitative estimate of drug-likeness (QED) is 0.820. The molecule has 1 heterocycles. The predicted octanol–water partition coefficient (Wildman–Crippen LogP) is 2.12. The topological polar surface area (TPSA) is 75.4 Å². The Kier molecular flexibility index (Phi) is 5.00. The van der Waals surface area contributed by atoms with Gasteiger partial charge in [0.1, 0.15) is 17.9 Å². The number of hydrogen-bond acceptors (Lipinski definition) is 3. The highest BCUT2D eigenvalue weighted by atomic mass is 19.4. The minimum Gasteiger partial charge on any atom is -0.374 e. The van der Waals surface area contributed by atoms with Gasteiger partial charge in [-0.15, -0.1) is 0 Å². The molecule has 2 amide bonds. The van der Waals surface area contributed by atoms with Crippen molar-refractivity contribution in [2.75, 3.05) is 11.9 Å². The van der Waals surface area contributed by atoms with E-state index in [1.165, 1.54) is 11.8 Å². The van der Waals surface area contributed by atoms with E-state index >= 15 is 0 Å². The Hall–Kier alpha value is -2.32. The van der Waals surface area contributed by atoms with E-state index in [0.29, 0.717) is 31.5 Å². The standard InChI is InChI=1S/C15H17F4N3O2/c1-8(14(24)22-6-2-3-12(22)13(20)23)21-9-4-5-11(16)10(7-9)15(17,18)19/h4-5,7-8,12,21H,2-3,6H2,1H3,(H2,20,23)/t8-,12?/m0/s1. The normalized spacial score (nSPS) is 19.2. The third-order valence-corrected chi connectivity index (χ3v) is 3.89. The molecule has 1 aromatic carbocycles. The highest BCUT2D eigenvalue weighted by Gasteiger charge is 2.36. The Labute approximate surface area is 135 Å². The van der Waals surface area contributed by atoms with Crippen molar-refractivity contribution in [2.24, 2.45) is 5.73 Å². The van der Waals surface area contributed by atoms with Crippen molar-refractivity contribution < 1.29 is 27.2 Å². The summed E-state index contributed by atoms with van der Waals surface area (Å²) >= 11 is 0. The molecule has 2 atom stereocenters. The number of amides is 2. The zero-order valence-electron chi connectivity index (χ0n) is 12.9. The summed E-state index contributed by atoms with van der Waals surface area (Å²) < 4.78 is 51.4. The first-order chi connectivity index (χ1) is 11.1. The van der Waals surface area contributed by atoms with Gasteiger partial charge >= 0.3 is 6.18 Å². The van der Waals surface area contributed by atoms with Crippen LogP contribution in [0.3, 0.4) is 0 Å². The Bertz CT molecular complexity index is 648. The Morgan fingerprint density at radius 2 is 2.04 bits per heavy atom. The average molecular weight is 347 g/mol. The molecule has 0 aromatic heterocycles. The zero-order chi connectivity index (χ0) is 18.1. The van der Waals surface area contributed by atoms with Crippen LogP contribution >= 0.6 is 0 Å². The van der Waals surface area contributed by atoms with Crippen molar-refractivity contribution in [2.45, 2.75) is 38.0 Å². The molecular weight excluding hydrogens is 330 g/mol. The number of rotatable bonds is 4. The number of alkyl halides is 3.